The highest BCUT2D eigenvalue weighted by Gasteiger charge is 2.13. The van der Waals surface area contributed by atoms with Gasteiger partial charge in [0.2, 0.25) is 0 Å². The first kappa shape index (κ1) is 20.1. The van der Waals surface area contributed by atoms with Gasteiger partial charge in [0.15, 0.2) is 11.5 Å². The van der Waals surface area contributed by atoms with Crippen molar-refractivity contribution in [1.82, 2.24) is 9.78 Å². The lowest BCUT2D eigenvalue weighted by Crippen LogP contribution is -1.99. The largest absolute Gasteiger partial charge is 0.493 e. The average Bonchev–Trinajstić information content (AvgIpc) is 3.00. The molecule has 0 spiro atoms. The van der Waals surface area contributed by atoms with Crippen molar-refractivity contribution in [2.75, 3.05) is 13.7 Å². The summed E-state index contributed by atoms with van der Waals surface area (Å²) in [7, 11) is 1.60. The third kappa shape index (κ3) is 4.26. The molecule has 150 valence electrons. The summed E-state index contributed by atoms with van der Waals surface area (Å²) in [5, 5.41) is 15.4. The van der Waals surface area contributed by atoms with Crippen LogP contribution in [0.25, 0.3) is 5.69 Å². The number of benzene rings is 2. The van der Waals surface area contributed by atoms with Crippen LogP contribution in [0.5, 0.6) is 11.5 Å². The summed E-state index contributed by atoms with van der Waals surface area (Å²) >= 11 is 0. The van der Waals surface area contributed by atoms with Crippen molar-refractivity contribution in [3.05, 3.63) is 69.5 Å². The van der Waals surface area contributed by atoms with Crippen molar-refractivity contribution >= 4 is 17.6 Å². The molecule has 0 aliphatic rings. The van der Waals surface area contributed by atoms with E-state index >= 15 is 0 Å². The van der Waals surface area contributed by atoms with Gasteiger partial charge < -0.3 is 9.47 Å². The van der Waals surface area contributed by atoms with Crippen molar-refractivity contribution in [2.24, 2.45) is 4.99 Å². The Balaban J connectivity index is 1.91. The Morgan fingerprint density at radius 1 is 1.17 bits per heavy atom. The molecule has 2 aromatic carbocycles. The normalized spacial score (nSPS) is 11.0. The average molecular weight is 394 g/mol. The van der Waals surface area contributed by atoms with Gasteiger partial charge in [-0.1, -0.05) is 0 Å². The molecule has 0 N–H and O–H groups in total. The summed E-state index contributed by atoms with van der Waals surface area (Å²) < 4.78 is 12.6. The van der Waals surface area contributed by atoms with Gasteiger partial charge in [-0.3, -0.25) is 15.1 Å². The van der Waals surface area contributed by atoms with Gasteiger partial charge in [0.05, 0.1) is 35.7 Å². The number of methoxy groups -OCH3 is 1. The van der Waals surface area contributed by atoms with Crippen LogP contribution in [0.4, 0.5) is 11.4 Å². The van der Waals surface area contributed by atoms with Gasteiger partial charge in [-0.25, -0.2) is 4.68 Å². The van der Waals surface area contributed by atoms with Crippen molar-refractivity contribution in [1.29, 1.82) is 0 Å². The first-order valence-corrected chi connectivity index (χ1v) is 9.10. The molecule has 0 fully saturated rings. The summed E-state index contributed by atoms with van der Waals surface area (Å²) in [5.41, 5.74) is 3.99. The van der Waals surface area contributed by atoms with Crippen LogP contribution in [0.3, 0.4) is 0 Å². The molecule has 29 heavy (non-hydrogen) atoms. The minimum Gasteiger partial charge on any atom is -0.493 e. The maximum Gasteiger partial charge on any atom is 0.269 e. The van der Waals surface area contributed by atoms with Gasteiger partial charge in [-0.15, -0.1) is 0 Å². The predicted octanol–water partition coefficient (Wildman–Crippen LogP) is 4.56. The van der Waals surface area contributed by atoms with Gasteiger partial charge in [0, 0.05) is 18.3 Å². The van der Waals surface area contributed by atoms with Crippen molar-refractivity contribution in [3.8, 4) is 17.2 Å². The van der Waals surface area contributed by atoms with E-state index in [-0.39, 0.29) is 5.69 Å². The fraction of sp³-hybridized carbons (Fsp3) is 0.238. The number of aromatic nitrogens is 2. The third-order valence-electron chi connectivity index (χ3n) is 4.39. The van der Waals surface area contributed by atoms with E-state index in [0.29, 0.717) is 18.1 Å². The molecule has 0 bridgehead atoms. The Bertz CT molecular complexity index is 1060. The predicted molar refractivity (Wildman–Crippen MR) is 111 cm³/mol. The zero-order valence-corrected chi connectivity index (χ0v) is 16.7. The minimum atomic E-state index is -0.425. The minimum absolute atomic E-state index is 0.0399. The molecule has 0 unspecified atom stereocenters. The Morgan fingerprint density at radius 2 is 1.90 bits per heavy atom. The summed E-state index contributed by atoms with van der Waals surface area (Å²) in [6, 6.07) is 11.9. The van der Waals surface area contributed by atoms with Gasteiger partial charge >= 0.3 is 0 Å². The number of ether oxygens (including phenoxy) is 2. The summed E-state index contributed by atoms with van der Waals surface area (Å²) in [6.45, 7) is 6.24. The second-order valence-corrected chi connectivity index (χ2v) is 6.31. The van der Waals surface area contributed by atoms with Gasteiger partial charge in [0.25, 0.3) is 5.69 Å². The fourth-order valence-corrected chi connectivity index (χ4v) is 2.97. The Kier molecular flexibility index (Phi) is 5.92. The van der Waals surface area contributed by atoms with Crippen LogP contribution in [0, 0.1) is 24.0 Å². The first-order chi connectivity index (χ1) is 13.9. The van der Waals surface area contributed by atoms with Crippen molar-refractivity contribution in [3.63, 3.8) is 0 Å². The molecule has 8 heteroatoms. The number of non-ortho nitro benzene ring substituents is 1. The van der Waals surface area contributed by atoms with Crippen LogP contribution >= 0.6 is 0 Å². The molecule has 0 aliphatic carbocycles. The van der Waals surface area contributed by atoms with Crippen LogP contribution in [-0.4, -0.2) is 34.6 Å². The number of aryl methyl sites for hydroxylation is 1. The van der Waals surface area contributed by atoms with Gasteiger partial charge in [-0.05, 0) is 56.7 Å². The van der Waals surface area contributed by atoms with Gasteiger partial charge in [0.1, 0.15) is 5.69 Å². The lowest BCUT2D eigenvalue weighted by Gasteiger charge is -2.09. The van der Waals surface area contributed by atoms with Crippen LogP contribution in [0.2, 0.25) is 0 Å². The number of nitro benzene ring substituents is 1. The van der Waals surface area contributed by atoms with Crippen LogP contribution in [0.15, 0.2) is 47.5 Å². The third-order valence-corrected chi connectivity index (χ3v) is 4.39. The second-order valence-electron chi connectivity index (χ2n) is 6.31. The molecule has 0 saturated heterocycles. The number of nitro groups is 1. The zero-order valence-electron chi connectivity index (χ0n) is 16.7. The molecule has 1 heterocycles. The maximum atomic E-state index is 10.8. The molecule has 8 nitrogen and oxygen atoms in total. The van der Waals surface area contributed by atoms with E-state index in [9.17, 15) is 10.1 Å². The molecule has 1 aromatic heterocycles. The molecular formula is C21H22N4O4. The summed E-state index contributed by atoms with van der Waals surface area (Å²) in [4.78, 5) is 15.0. The molecule has 3 rings (SSSR count). The molecule has 0 amide bonds. The monoisotopic (exact) mass is 394 g/mol. The van der Waals surface area contributed by atoms with E-state index in [1.54, 1.807) is 30.1 Å². The Hall–Kier alpha value is -3.68. The lowest BCUT2D eigenvalue weighted by molar-refractivity contribution is -0.384. The number of rotatable bonds is 7. The zero-order chi connectivity index (χ0) is 21.0. The Labute approximate surface area is 168 Å². The van der Waals surface area contributed by atoms with Gasteiger partial charge in [-0.2, -0.15) is 5.10 Å². The summed E-state index contributed by atoms with van der Waals surface area (Å²) in [5.74, 6) is 1.33. The second kappa shape index (κ2) is 8.55. The van der Waals surface area contributed by atoms with Crippen molar-refractivity contribution in [2.45, 2.75) is 20.8 Å². The summed E-state index contributed by atoms with van der Waals surface area (Å²) in [6.07, 6.45) is 1.75. The first-order valence-electron chi connectivity index (χ1n) is 9.10. The van der Waals surface area contributed by atoms with Crippen LogP contribution < -0.4 is 9.47 Å². The van der Waals surface area contributed by atoms with E-state index in [1.165, 1.54) is 12.1 Å². The Morgan fingerprint density at radius 3 is 2.52 bits per heavy atom. The van der Waals surface area contributed by atoms with Crippen LogP contribution in [-0.2, 0) is 0 Å². The maximum absolute atomic E-state index is 10.8. The molecule has 0 atom stereocenters. The quantitative estimate of drug-likeness (QED) is 0.333. The number of hydrogen-bond acceptors (Lipinski definition) is 6. The van der Waals surface area contributed by atoms with E-state index in [2.05, 4.69) is 10.1 Å². The molecule has 0 aliphatic heterocycles. The van der Waals surface area contributed by atoms with E-state index in [4.69, 9.17) is 9.47 Å². The molecule has 0 saturated carbocycles. The topological polar surface area (TPSA) is 91.8 Å². The molecular weight excluding hydrogens is 372 g/mol. The highest BCUT2D eigenvalue weighted by Crippen LogP contribution is 2.29. The van der Waals surface area contributed by atoms with E-state index < -0.39 is 4.92 Å². The smallest absolute Gasteiger partial charge is 0.269 e. The molecule has 3 aromatic rings. The lowest BCUT2D eigenvalue weighted by atomic mass is 10.2. The fourth-order valence-electron chi connectivity index (χ4n) is 2.97. The SMILES string of the molecule is CCOc1cc(C=Nc2c(C)nn(-c3ccc([N+](=O)[O-])cc3)c2C)ccc1OC. The molecule has 0 radical (unpaired) electrons. The van der Waals surface area contributed by atoms with Crippen LogP contribution in [0.1, 0.15) is 23.9 Å². The number of hydrogen-bond donors (Lipinski definition) is 0. The number of aliphatic imine (C=N–C) groups is 1. The highest BCUT2D eigenvalue weighted by atomic mass is 16.6. The van der Waals surface area contributed by atoms with Crippen molar-refractivity contribution < 1.29 is 14.4 Å². The van der Waals surface area contributed by atoms with E-state index in [0.717, 1.165) is 28.3 Å². The number of nitrogens with zero attached hydrogens (tertiary/aromatic N) is 4. The van der Waals surface area contributed by atoms with E-state index in [1.807, 2.05) is 39.0 Å². The highest BCUT2D eigenvalue weighted by molar-refractivity contribution is 5.83. The standard InChI is InChI=1S/C21H22N4O4/c1-5-29-20-12-16(6-11-19(20)28-4)13-22-21-14(2)23-24(15(21)3)17-7-9-18(10-8-17)25(26)27/h6-13H,5H2,1-4H3.